The first kappa shape index (κ1) is 33.3. The van der Waals surface area contributed by atoms with E-state index in [1.165, 1.54) is 111 Å². The Balaban J connectivity index is 1.35. The van der Waals surface area contributed by atoms with E-state index >= 15 is 0 Å². The Morgan fingerprint density at radius 3 is 0.685 bits per heavy atom. The molecule has 0 aliphatic rings. The van der Waals surface area contributed by atoms with Gasteiger partial charge in [0.2, 0.25) is 0 Å². The summed E-state index contributed by atoms with van der Waals surface area (Å²) in [6.07, 6.45) is 0. The molecule has 0 heterocycles. The first-order chi connectivity index (χ1) is 26.4. The van der Waals surface area contributed by atoms with Crippen molar-refractivity contribution in [2.45, 2.75) is 27.7 Å². The number of hydrogen-bond donors (Lipinski definition) is 0. The molecule has 0 amide bonds. The molecule has 0 aliphatic carbocycles. The molecule has 9 aromatic rings. The highest BCUT2D eigenvalue weighted by Gasteiger charge is 2.19. The van der Waals surface area contributed by atoms with Crippen molar-refractivity contribution in [3.63, 3.8) is 0 Å². The van der Waals surface area contributed by atoms with Gasteiger partial charge in [-0.3, -0.25) is 0 Å². The summed E-state index contributed by atoms with van der Waals surface area (Å²) in [5.74, 6) is 0. The Hall–Kier alpha value is -6.50. The summed E-state index contributed by atoms with van der Waals surface area (Å²) in [5, 5.41) is 5.00. The molecule has 0 bridgehead atoms. The minimum Gasteiger partial charge on any atom is -0.0616 e. The third kappa shape index (κ3) is 6.31. The molecule has 0 radical (unpaired) electrons. The van der Waals surface area contributed by atoms with Gasteiger partial charge in [-0.2, -0.15) is 0 Å². The molecule has 258 valence electrons. The van der Waals surface area contributed by atoms with E-state index in [0.29, 0.717) is 0 Å². The molecule has 0 unspecified atom stereocenters. The van der Waals surface area contributed by atoms with E-state index in [1.54, 1.807) is 0 Å². The number of aryl methyl sites for hydroxylation is 4. The fourth-order valence-corrected chi connectivity index (χ4v) is 8.26. The predicted octanol–water partition coefficient (Wildman–Crippen LogP) is 15.2. The number of hydrogen-bond acceptors (Lipinski definition) is 0. The van der Waals surface area contributed by atoms with Gasteiger partial charge >= 0.3 is 0 Å². The van der Waals surface area contributed by atoms with Crippen molar-refractivity contribution >= 4 is 21.5 Å². The average Bonchev–Trinajstić information content (AvgIpc) is 3.19. The van der Waals surface area contributed by atoms with Crippen LogP contribution in [-0.2, 0) is 0 Å². The monoisotopic (exact) mass is 690 g/mol. The highest BCUT2D eigenvalue weighted by molar-refractivity contribution is 6.22. The van der Waals surface area contributed by atoms with Gasteiger partial charge in [-0.05, 0) is 152 Å². The highest BCUT2D eigenvalue weighted by Crippen LogP contribution is 2.46. The Labute approximate surface area is 319 Å². The molecule has 0 saturated carbocycles. The Bertz CT molecular complexity index is 2490. The van der Waals surface area contributed by atoms with Gasteiger partial charge in [-0.1, -0.05) is 168 Å². The van der Waals surface area contributed by atoms with Gasteiger partial charge in [0.15, 0.2) is 0 Å². The maximum absolute atomic E-state index is 2.40. The van der Waals surface area contributed by atoms with Crippen LogP contribution in [0.1, 0.15) is 22.3 Å². The topological polar surface area (TPSA) is 0 Å². The second-order valence-electron chi connectivity index (χ2n) is 14.9. The molecule has 0 nitrogen and oxygen atoms in total. The van der Waals surface area contributed by atoms with Gasteiger partial charge < -0.3 is 0 Å². The zero-order chi connectivity index (χ0) is 36.8. The lowest BCUT2D eigenvalue weighted by Gasteiger charge is -2.20. The quantitative estimate of drug-likeness (QED) is 0.152. The van der Waals surface area contributed by atoms with Crippen LogP contribution < -0.4 is 0 Å². The van der Waals surface area contributed by atoms with Crippen molar-refractivity contribution in [2.75, 3.05) is 0 Å². The van der Waals surface area contributed by atoms with Gasteiger partial charge in [0.25, 0.3) is 0 Å². The zero-order valence-corrected chi connectivity index (χ0v) is 31.3. The number of rotatable bonds is 6. The van der Waals surface area contributed by atoms with Gasteiger partial charge in [-0.15, -0.1) is 0 Å². The van der Waals surface area contributed by atoms with Crippen LogP contribution in [-0.4, -0.2) is 0 Å². The van der Waals surface area contributed by atoms with E-state index in [9.17, 15) is 0 Å². The molecule has 0 saturated heterocycles. The lowest BCUT2D eigenvalue weighted by atomic mass is 9.83. The van der Waals surface area contributed by atoms with Crippen LogP contribution in [0.4, 0.5) is 0 Å². The molecule has 0 fully saturated rings. The van der Waals surface area contributed by atoms with Crippen LogP contribution in [0.2, 0.25) is 0 Å². The molecule has 0 spiro atoms. The normalized spacial score (nSPS) is 11.3. The standard InChI is InChI=1S/C54H42/c1-35-13-9-17-39(25-35)43-29-44(40-18-10-14-36(2)26-40)32-47(31-43)53-49-21-5-7-23-51(49)54(52-24-8-6-22-50(52)53)48-33-45(41-19-11-15-37(3)27-41)30-46(34-48)42-20-12-16-38(4)28-42/h5-34H,1-4H3. The molecule has 0 atom stereocenters. The van der Waals surface area contributed by atoms with E-state index in [2.05, 4.69) is 210 Å². The molecule has 0 aliphatic heterocycles. The van der Waals surface area contributed by atoms with Crippen LogP contribution in [0.3, 0.4) is 0 Å². The van der Waals surface area contributed by atoms with E-state index in [-0.39, 0.29) is 0 Å². The summed E-state index contributed by atoms with van der Waals surface area (Å²) in [4.78, 5) is 0. The summed E-state index contributed by atoms with van der Waals surface area (Å²) in [6, 6.07) is 67.8. The molecular formula is C54H42. The lowest BCUT2D eigenvalue weighted by molar-refractivity contribution is 1.45. The van der Waals surface area contributed by atoms with E-state index in [0.717, 1.165) is 0 Å². The SMILES string of the molecule is Cc1cccc(-c2cc(-c3cccc(C)c3)cc(-c3c4ccccc4c(-c4cc(-c5cccc(C)c5)cc(-c5cccc(C)c5)c4)c4ccccc34)c2)c1. The van der Waals surface area contributed by atoms with E-state index in [1.807, 2.05) is 0 Å². The fourth-order valence-electron chi connectivity index (χ4n) is 8.26. The summed E-state index contributed by atoms with van der Waals surface area (Å²) in [5.41, 5.74) is 19.8. The van der Waals surface area contributed by atoms with Crippen LogP contribution in [0, 0.1) is 27.7 Å². The van der Waals surface area contributed by atoms with Crippen LogP contribution in [0.15, 0.2) is 182 Å². The number of fused-ring (bicyclic) bond motifs is 2. The number of benzene rings is 9. The lowest BCUT2D eigenvalue weighted by Crippen LogP contribution is -1.93. The fraction of sp³-hybridized carbons (Fsp3) is 0.0741. The second-order valence-corrected chi connectivity index (χ2v) is 14.9. The van der Waals surface area contributed by atoms with Gasteiger partial charge in [-0.25, -0.2) is 0 Å². The minimum atomic E-state index is 1.22. The van der Waals surface area contributed by atoms with Crippen molar-refractivity contribution in [3.8, 4) is 66.8 Å². The first-order valence-corrected chi connectivity index (χ1v) is 18.9. The second kappa shape index (κ2) is 13.8. The van der Waals surface area contributed by atoms with Crippen LogP contribution in [0.5, 0.6) is 0 Å². The largest absolute Gasteiger partial charge is 0.0616 e. The van der Waals surface area contributed by atoms with Crippen molar-refractivity contribution in [1.82, 2.24) is 0 Å². The smallest absolute Gasteiger partial charge is 0.00259 e. The Morgan fingerprint density at radius 1 is 0.204 bits per heavy atom. The highest BCUT2D eigenvalue weighted by atomic mass is 14.2. The predicted molar refractivity (Wildman–Crippen MR) is 233 cm³/mol. The third-order valence-electron chi connectivity index (χ3n) is 10.8. The van der Waals surface area contributed by atoms with Crippen molar-refractivity contribution in [2.24, 2.45) is 0 Å². The van der Waals surface area contributed by atoms with Crippen molar-refractivity contribution < 1.29 is 0 Å². The molecule has 9 rings (SSSR count). The Morgan fingerprint density at radius 2 is 0.444 bits per heavy atom. The molecule has 9 aromatic carbocycles. The summed E-state index contributed by atoms with van der Waals surface area (Å²) in [6.45, 7) is 8.69. The molecule has 54 heavy (non-hydrogen) atoms. The van der Waals surface area contributed by atoms with E-state index in [4.69, 9.17) is 0 Å². The average molecular weight is 691 g/mol. The van der Waals surface area contributed by atoms with Crippen LogP contribution >= 0.6 is 0 Å². The third-order valence-corrected chi connectivity index (χ3v) is 10.8. The molecule has 0 heteroatoms. The minimum absolute atomic E-state index is 1.22. The zero-order valence-electron chi connectivity index (χ0n) is 31.3. The molecule has 0 aromatic heterocycles. The summed E-state index contributed by atoms with van der Waals surface area (Å²) >= 11 is 0. The van der Waals surface area contributed by atoms with Gasteiger partial charge in [0, 0.05) is 0 Å². The Kier molecular flexibility index (Phi) is 8.53. The molecular weight excluding hydrogens is 649 g/mol. The van der Waals surface area contributed by atoms with Gasteiger partial charge in [0.05, 0.1) is 0 Å². The first-order valence-electron chi connectivity index (χ1n) is 18.9. The van der Waals surface area contributed by atoms with Gasteiger partial charge in [0.1, 0.15) is 0 Å². The van der Waals surface area contributed by atoms with Crippen LogP contribution in [0.25, 0.3) is 88.3 Å². The maximum atomic E-state index is 2.40. The summed E-state index contributed by atoms with van der Waals surface area (Å²) < 4.78 is 0. The summed E-state index contributed by atoms with van der Waals surface area (Å²) in [7, 11) is 0. The van der Waals surface area contributed by atoms with Crippen molar-refractivity contribution in [3.05, 3.63) is 204 Å². The van der Waals surface area contributed by atoms with E-state index < -0.39 is 0 Å². The molecule has 0 N–H and O–H groups in total. The maximum Gasteiger partial charge on any atom is -0.00259 e. The van der Waals surface area contributed by atoms with Crippen molar-refractivity contribution in [1.29, 1.82) is 0 Å².